The lowest BCUT2D eigenvalue weighted by Gasteiger charge is -2.39. The normalized spacial score (nSPS) is 27.5. The van der Waals surface area contributed by atoms with Gasteiger partial charge in [-0.2, -0.15) is 5.10 Å². The molecule has 0 spiro atoms. The third-order valence-electron chi connectivity index (χ3n) is 5.30. The van der Waals surface area contributed by atoms with E-state index in [0.717, 1.165) is 39.3 Å². The number of carbonyl (C=O) groups excluding carboxylic acids is 1. The fourth-order valence-electron chi connectivity index (χ4n) is 4.02. The Balaban J connectivity index is 1.47. The second-order valence-corrected chi connectivity index (χ2v) is 7.19. The predicted molar refractivity (Wildman–Crippen MR) is 91.5 cm³/mol. The highest BCUT2D eigenvalue weighted by molar-refractivity contribution is 5.73. The first-order valence-corrected chi connectivity index (χ1v) is 8.90. The first-order chi connectivity index (χ1) is 11.5. The molecular weight excluding hydrogens is 306 g/mol. The van der Waals surface area contributed by atoms with E-state index in [1.54, 1.807) is 17.8 Å². The largest absolute Gasteiger partial charge is 0.390 e. The van der Waals surface area contributed by atoms with Crippen molar-refractivity contribution in [2.75, 3.05) is 45.8 Å². The SMILES string of the molecule is CC(=O)N1CCN([C@@H]2CN(C[C@@H](O)Cn3cccn3)C[C@H]2C)CC1. The van der Waals surface area contributed by atoms with Crippen molar-refractivity contribution in [1.82, 2.24) is 24.5 Å². The van der Waals surface area contributed by atoms with Gasteiger partial charge in [0.05, 0.1) is 12.6 Å². The number of aliphatic hydroxyl groups is 1. The lowest BCUT2D eigenvalue weighted by molar-refractivity contribution is -0.130. The molecule has 3 rings (SSSR count). The maximum atomic E-state index is 11.5. The van der Waals surface area contributed by atoms with Crippen LogP contribution in [0.5, 0.6) is 0 Å². The van der Waals surface area contributed by atoms with E-state index < -0.39 is 6.10 Å². The molecule has 0 radical (unpaired) electrons. The van der Waals surface area contributed by atoms with Crippen LogP contribution in [0.1, 0.15) is 13.8 Å². The number of aromatic nitrogens is 2. The van der Waals surface area contributed by atoms with E-state index in [9.17, 15) is 9.90 Å². The van der Waals surface area contributed by atoms with Crippen LogP contribution < -0.4 is 0 Å². The number of hydrogen-bond donors (Lipinski definition) is 1. The van der Waals surface area contributed by atoms with Gasteiger partial charge in [-0.3, -0.25) is 19.3 Å². The minimum atomic E-state index is -0.398. The van der Waals surface area contributed by atoms with Crippen LogP contribution >= 0.6 is 0 Å². The molecule has 0 unspecified atom stereocenters. The topological polar surface area (TPSA) is 64.8 Å². The van der Waals surface area contributed by atoms with E-state index in [4.69, 9.17) is 0 Å². The van der Waals surface area contributed by atoms with Gasteiger partial charge in [-0.05, 0) is 12.0 Å². The first-order valence-electron chi connectivity index (χ1n) is 8.90. The minimum Gasteiger partial charge on any atom is -0.390 e. The number of β-amino-alcohol motifs (C(OH)–C–C–N with tert-alkyl or cyclic N) is 1. The van der Waals surface area contributed by atoms with Gasteiger partial charge < -0.3 is 10.0 Å². The zero-order valence-corrected chi connectivity index (χ0v) is 14.7. The second kappa shape index (κ2) is 7.63. The van der Waals surface area contributed by atoms with Gasteiger partial charge >= 0.3 is 0 Å². The Kier molecular flexibility index (Phi) is 5.53. The summed E-state index contributed by atoms with van der Waals surface area (Å²) in [6.45, 7) is 10.8. The van der Waals surface area contributed by atoms with Gasteiger partial charge in [0.2, 0.25) is 5.91 Å². The number of hydrogen-bond acceptors (Lipinski definition) is 5. The summed E-state index contributed by atoms with van der Waals surface area (Å²) in [5.41, 5.74) is 0. The Labute approximate surface area is 143 Å². The maximum Gasteiger partial charge on any atom is 0.219 e. The standard InChI is InChI=1S/C17H29N5O2/c1-14-10-19(11-16(24)12-22-5-3-4-18-22)13-17(14)21-8-6-20(7-9-21)15(2)23/h3-5,14,16-17,24H,6-13H2,1-2H3/t14-,16-,17-/m1/s1. The summed E-state index contributed by atoms with van der Waals surface area (Å²) >= 11 is 0. The zero-order valence-electron chi connectivity index (χ0n) is 14.7. The Morgan fingerprint density at radius 1 is 1.25 bits per heavy atom. The lowest BCUT2D eigenvalue weighted by atomic mass is 10.0. The van der Waals surface area contributed by atoms with Crippen LogP contribution in [-0.2, 0) is 11.3 Å². The average Bonchev–Trinajstić information content (AvgIpc) is 3.17. The summed E-state index contributed by atoms with van der Waals surface area (Å²) < 4.78 is 1.78. The lowest BCUT2D eigenvalue weighted by Crippen LogP contribution is -2.53. The third-order valence-corrected chi connectivity index (χ3v) is 5.30. The van der Waals surface area contributed by atoms with Crippen molar-refractivity contribution < 1.29 is 9.90 Å². The summed E-state index contributed by atoms with van der Waals surface area (Å²) in [7, 11) is 0. The van der Waals surface area contributed by atoms with E-state index in [0.29, 0.717) is 25.0 Å². The predicted octanol–water partition coefficient (Wildman–Crippen LogP) is -0.272. The fraction of sp³-hybridized carbons (Fsp3) is 0.765. The zero-order chi connectivity index (χ0) is 17.1. The number of rotatable bonds is 5. The summed E-state index contributed by atoms with van der Waals surface area (Å²) in [5, 5.41) is 14.5. The molecule has 7 nitrogen and oxygen atoms in total. The molecule has 2 saturated heterocycles. The Morgan fingerprint density at radius 3 is 2.62 bits per heavy atom. The van der Waals surface area contributed by atoms with Crippen LogP contribution in [0, 0.1) is 5.92 Å². The molecular formula is C17H29N5O2. The average molecular weight is 335 g/mol. The molecule has 1 aromatic rings. The molecule has 24 heavy (non-hydrogen) atoms. The number of aliphatic hydroxyl groups excluding tert-OH is 1. The fourth-order valence-corrected chi connectivity index (χ4v) is 4.02. The summed E-state index contributed by atoms with van der Waals surface area (Å²) in [6, 6.07) is 2.40. The van der Waals surface area contributed by atoms with E-state index in [1.165, 1.54) is 0 Å². The van der Waals surface area contributed by atoms with Crippen molar-refractivity contribution in [1.29, 1.82) is 0 Å². The molecule has 1 amide bonds. The number of carbonyl (C=O) groups is 1. The van der Waals surface area contributed by atoms with Gasteiger partial charge in [-0.15, -0.1) is 0 Å². The molecule has 0 bridgehead atoms. The molecule has 1 aromatic heterocycles. The highest BCUT2D eigenvalue weighted by Crippen LogP contribution is 2.23. The van der Waals surface area contributed by atoms with Crippen LogP contribution in [0.4, 0.5) is 0 Å². The Hall–Kier alpha value is -1.44. The van der Waals surface area contributed by atoms with Crippen molar-refractivity contribution in [2.24, 2.45) is 5.92 Å². The molecule has 134 valence electrons. The van der Waals surface area contributed by atoms with E-state index in [1.807, 2.05) is 17.2 Å². The van der Waals surface area contributed by atoms with Crippen LogP contribution in [0.15, 0.2) is 18.5 Å². The monoisotopic (exact) mass is 335 g/mol. The van der Waals surface area contributed by atoms with E-state index in [2.05, 4.69) is 21.8 Å². The maximum absolute atomic E-state index is 11.5. The highest BCUT2D eigenvalue weighted by Gasteiger charge is 2.36. The van der Waals surface area contributed by atoms with Crippen molar-refractivity contribution in [2.45, 2.75) is 32.5 Å². The van der Waals surface area contributed by atoms with E-state index >= 15 is 0 Å². The van der Waals surface area contributed by atoms with Crippen molar-refractivity contribution in [3.8, 4) is 0 Å². The molecule has 2 aliphatic heterocycles. The van der Waals surface area contributed by atoms with Crippen LogP contribution in [0.2, 0.25) is 0 Å². The molecule has 0 saturated carbocycles. The first kappa shape index (κ1) is 17.4. The van der Waals surface area contributed by atoms with Gasteiger partial charge in [0.1, 0.15) is 0 Å². The third kappa shape index (κ3) is 4.15. The minimum absolute atomic E-state index is 0.178. The second-order valence-electron chi connectivity index (χ2n) is 7.19. The van der Waals surface area contributed by atoms with Crippen LogP contribution in [0.25, 0.3) is 0 Å². The van der Waals surface area contributed by atoms with Gasteiger partial charge in [-0.25, -0.2) is 0 Å². The number of piperazine rings is 1. The molecule has 2 aliphatic rings. The molecule has 0 aliphatic carbocycles. The van der Waals surface area contributed by atoms with Gasteiger partial charge in [0, 0.05) is 71.2 Å². The van der Waals surface area contributed by atoms with Crippen molar-refractivity contribution in [3.63, 3.8) is 0 Å². The van der Waals surface area contributed by atoms with Gasteiger partial charge in [-0.1, -0.05) is 6.92 Å². The number of amides is 1. The number of likely N-dealkylation sites (tertiary alicyclic amines) is 1. The van der Waals surface area contributed by atoms with Crippen LogP contribution in [-0.4, -0.2) is 93.5 Å². The van der Waals surface area contributed by atoms with E-state index in [-0.39, 0.29) is 5.91 Å². The summed E-state index contributed by atoms with van der Waals surface area (Å²) in [6.07, 6.45) is 3.22. The summed E-state index contributed by atoms with van der Waals surface area (Å²) in [5.74, 6) is 0.767. The molecule has 2 fully saturated rings. The molecule has 3 heterocycles. The van der Waals surface area contributed by atoms with Crippen molar-refractivity contribution in [3.05, 3.63) is 18.5 Å². The Bertz CT molecular complexity index is 527. The molecule has 3 atom stereocenters. The Morgan fingerprint density at radius 2 is 2.00 bits per heavy atom. The number of nitrogens with zero attached hydrogens (tertiary/aromatic N) is 5. The molecule has 0 aromatic carbocycles. The summed E-state index contributed by atoms with van der Waals surface area (Å²) in [4.78, 5) is 18.3. The molecule has 7 heteroatoms. The van der Waals surface area contributed by atoms with Gasteiger partial charge in [0.25, 0.3) is 0 Å². The van der Waals surface area contributed by atoms with Crippen molar-refractivity contribution >= 4 is 5.91 Å². The highest BCUT2D eigenvalue weighted by atomic mass is 16.3. The smallest absolute Gasteiger partial charge is 0.219 e. The van der Waals surface area contributed by atoms with Crippen LogP contribution in [0.3, 0.4) is 0 Å². The molecule has 1 N–H and O–H groups in total. The van der Waals surface area contributed by atoms with Gasteiger partial charge in [0.15, 0.2) is 0 Å². The quantitative estimate of drug-likeness (QED) is 0.802.